The van der Waals surface area contributed by atoms with Crippen molar-refractivity contribution in [1.29, 1.82) is 0 Å². The Bertz CT molecular complexity index is 520. The minimum atomic E-state index is -0.00558. The summed E-state index contributed by atoms with van der Waals surface area (Å²) in [7, 11) is 5.32. The van der Waals surface area contributed by atoms with E-state index in [1.807, 2.05) is 0 Å². The summed E-state index contributed by atoms with van der Waals surface area (Å²) < 4.78 is 11.3. The van der Waals surface area contributed by atoms with Gasteiger partial charge in [0.25, 0.3) is 0 Å². The van der Waals surface area contributed by atoms with Crippen LogP contribution in [0.1, 0.15) is 40.0 Å². The van der Waals surface area contributed by atoms with Crippen molar-refractivity contribution in [2.24, 2.45) is 22.2 Å². The molecule has 1 aliphatic carbocycles. The molecule has 28 heavy (non-hydrogen) atoms. The van der Waals surface area contributed by atoms with Crippen molar-refractivity contribution in [3.05, 3.63) is 0 Å². The van der Waals surface area contributed by atoms with Gasteiger partial charge < -0.3 is 25.0 Å². The van der Waals surface area contributed by atoms with Gasteiger partial charge in [-0.3, -0.25) is 4.79 Å². The molecule has 2 N–H and O–H groups in total. The van der Waals surface area contributed by atoms with Crippen LogP contribution in [0, 0.1) is 17.3 Å². The average Bonchev–Trinajstić information content (AvgIpc) is 3.18. The van der Waals surface area contributed by atoms with E-state index in [1.165, 1.54) is 0 Å². The maximum Gasteiger partial charge on any atom is 0.243 e. The third kappa shape index (κ3) is 5.50. The second kappa shape index (κ2) is 11.5. The summed E-state index contributed by atoms with van der Waals surface area (Å²) >= 11 is 0. The summed E-state index contributed by atoms with van der Waals surface area (Å²) in [6, 6.07) is 0.276. The van der Waals surface area contributed by atoms with E-state index in [9.17, 15) is 4.79 Å². The fourth-order valence-electron chi connectivity index (χ4n) is 4.67. The first kappa shape index (κ1) is 25.4. The Labute approximate surface area is 187 Å². The third-order valence-electron chi connectivity index (χ3n) is 6.51. The van der Waals surface area contributed by atoms with Gasteiger partial charge in [0.05, 0.1) is 12.7 Å². The number of nitrogens with one attached hydrogen (secondary N) is 2. The number of methoxy groups -OCH3 is 1. The van der Waals surface area contributed by atoms with Crippen molar-refractivity contribution in [3.63, 3.8) is 0 Å². The predicted octanol–water partition coefficient (Wildman–Crippen LogP) is 2.10. The van der Waals surface area contributed by atoms with Gasteiger partial charge in [0.2, 0.25) is 5.91 Å². The standard InChI is InChI=1S/C20H38N4O3.HI/c1-7-20(8-2)17(14(3)18(20)26-6)23-19(22-12-16(25)24(4)5)21-11-15-9-10-27-13-15;/h14-15,17-18H,7-13H2,1-6H3,(H2,21,22,23);1H. The molecule has 4 unspecified atom stereocenters. The summed E-state index contributed by atoms with van der Waals surface area (Å²) in [5.41, 5.74) is 0.0959. The predicted molar refractivity (Wildman–Crippen MR) is 123 cm³/mol. The van der Waals surface area contributed by atoms with Crippen LogP contribution in [0.15, 0.2) is 4.99 Å². The second-order valence-electron chi connectivity index (χ2n) is 8.14. The van der Waals surface area contributed by atoms with Crippen LogP contribution in [-0.2, 0) is 14.3 Å². The highest BCUT2D eigenvalue weighted by atomic mass is 127. The second-order valence-corrected chi connectivity index (χ2v) is 8.14. The van der Waals surface area contributed by atoms with Crippen LogP contribution in [0.5, 0.6) is 0 Å². The zero-order chi connectivity index (χ0) is 20.0. The number of halogens is 1. The van der Waals surface area contributed by atoms with E-state index < -0.39 is 0 Å². The molecule has 1 saturated carbocycles. The Kier molecular flexibility index (Phi) is 10.5. The SMILES string of the molecule is CCC1(CC)C(NC(=NCC(=O)N(C)C)NCC2CCOC2)C(C)C1OC.I. The molecule has 1 saturated heterocycles. The quantitative estimate of drug-likeness (QED) is 0.297. The lowest BCUT2D eigenvalue weighted by Crippen LogP contribution is -2.71. The van der Waals surface area contributed by atoms with Gasteiger partial charge in [0.15, 0.2) is 5.96 Å². The van der Waals surface area contributed by atoms with Gasteiger partial charge in [-0.1, -0.05) is 20.8 Å². The van der Waals surface area contributed by atoms with Gasteiger partial charge in [0.1, 0.15) is 6.54 Å². The van der Waals surface area contributed by atoms with Gasteiger partial charge >= 0.3 is 0 Å². The Morgan fingerprint density at radius 1 is 1.32 bits per heavy atom. The maximum absolute atomic E-state index is 12.0. The fraction of sp³-hybridized carbons (Fsp3) is 0.900. The van der Waals surface area contributed by atoms with Gasteiger partial charge in [-0.2, -0.15) is 0 Å². The molecule has 1 heterocycles. The van der Waals surface area contributed by atoms with Gasteiger partial charge in [-0.25, -0.2) is 4.99 Å². The van der Waals surface area contributed by atoms with Crippen molar-refractivity contribution < 1.29 is 14.3 Å². The summed E-state index contributed by atoms with van der Waals surface area (Å²) in [6.45, 7) is 9.25. The van der Waals surface area contributed by atoms with Gasteiger partial charge in [-0.05, 0) is 19.3 Å². The zero-order valence-corrected chi connectivity index (χ0v) is 20.6. The lowest BCUT2D eigenvalue weighted by molar-refractivity contribution is -0.163. The number of hydrogen-bond acceptors (Lipinski definition) is 4. The Balaban J connectivity index is 0.00000392. The number of amides is 1. The first-order valence-electron chi connectivity index (χ1n) is 10.2. The van der Waals surface area contributed by atoms with Crippen molar-refractivity contribution in [1.82, 2.24) is 15.5 Å². The number of rotatable bonds is 8. The number of carbonyl (C=O) groups excluding carboxylic acids is 1. The highest BCUT2D eigenvalue weighted by Gasteiger charge is 2.58. The molecular formula is C20H39IN4O3. The monoisotopic (exact) mass is 510 g/mol. The number of ether oxygens (including phenoxy) is 2. The molecule has 2 aliphatic rings. The van der Waals surface area contributed by atoms with E-state index >= 15 is 0 Å². The van der Waals surface area contributed by atoms with Crippen LogP contribution in [0.2, 0.25) is 0 Å². The van der Waals surface area contributed by atoms with E-state index in [0.29, 0.717) is 11.8 Å². The van der Waals surface area contributed by atoms with E-state index in [0.717, 1.165) is 45.0 Å². The molecule has 0 spiro atoms. The lowest BCUT2D eigenvalue weighted by Gasteiger charge is -2.60. The molecule has 0 radical (unpaired) electrons. The highest BCUT2D eigenvalue weighted by Crippen LogP contribution is 2.52. The molecule has 8 heteroatoms. The van der Waals surface area contributed by atoms with Crippen LogP contribution in [0.3, 0.4) is 0 Å². The lowest BCUT2D eigenvalue weighted by atomic mass is 9.53. The molecule has 0 bridgehead atoms. The largest absolute Gasteiger partial charge is 0.381 e. The minimum Gasteiger partial charge on any atom is -0.381 e. The molecule has 164 valence electrons. The summed E-state index contributed by atoms with van der Waals surface area (Å²) in [6.07, 6.45) is 3.41. The first-order chi connectivity index (χ1) is 12.9. The fourth-order valence-corrected chi connectivity index (χ4v) is 4.67. The van der Waals surface area contributed by atoms with Crippen LogP contribution in [-0.4, -0.2) is 76.4 Å². The van der Waals surface area contributed by atoms with Crippen LogP contribution >= 0.6 is 24.0 Å². The van der Waals surface area contributed by atoms with Gasteiger partial charge in [0, 0.05) is 57.6 Å². The van der Waals surface area contributed by atoms with Crippen molar-refractivity contribution >= 4 is 35.8 Å². The number of likely N-dealkylation sites (N-methyl/N-ethyl adjacent to an activating group) is 1. The number of hydrogen-bond donors (Lipinski definition) is 2. The normalized spacial score (nSPS) is 28.9. The molecule has 1 amide bonds. The van der Waals surface area contributed by atoms with E-state index in [4.69, 9.17) is 9.47 Å². The molecule has 2 fully saturated rings. The molecule has 1 aliphatic heterocycles. The summed E-state index contributed by atoms with van der Waals surface area (Å²) in [4.78, 5) is 18.1. The molecule has 0 aromatic rings. The van der Waals surface area contributed by atoms with Gasteiger partial charge in [-0.15, -0.1) is 24.0 Å². The topological polar surface area (TPSA) is 75.2 Å². The Morgan fingerprint density at radius 2 is 2.00 bits per heavy atom. The molecule has 2 rings (SSSR count). The average molecular weight is 510 g/mol. The third-order valence-corrected chi connectivity index (χ3v) is 6.51. The minimum absolute atomic E-state index is 0. The van der Waals surface area contributed by atoms with Crippen LogP contribution in [0.25, 0.3) is 0 Å². The van der Waals surface area contributed by atoms with Crippen molar-refractivity contribution in [2.75, 3.05) is 47.5 Å². The smallest absolute Gasteiger partial charge is 0.243 e. The number of nitrogens with zero attached hydrogens (tertiary/aromatic N) is 2. The molecule has 7 nitrogen and oxygen atoms in total. The summed E-state index contributed by atoms with van der Waals surface area (Å²) in [5, 5.41) is 7.07. The highest BCUT2D eigenvalue weighted by molar-refractivity contribution is 14.0. The van der Waals surface area contributed by atoms with Crippen LogP contribution < -0.4 is 10.6 Å². The molecular weight excluding hydrogens is 471 g/mol. The first-order valence-corrected chi connectivity index (χ1v) is 10.2. The van der Waals surface area contributed by atoms with E-state index in [2.05, 4.69) is 36.4 Å². The number of carbonyl (C=O) groups is 1. The molecule has 0 aromatic carbocycles. The zero-order valence-electron chi connectivity index (χ0n) is 18.3. The Morgan fingerprint density at radius 3 is 2.50 bits per heavy atom. The molecule has 0 aromatic heterocycles. The summed E-state index contributed by atoms with van der Waals surface area (Å²) in [5.74, 6) is 1.60. The van der Waals surface area contributed by atoms with Crippen LogP contribution in [0.4, 0.5) is 0 Å². The number of aliphatic imine (C=N–C) groups is 1. The van der Waals surface area contributed by atoms with Crippen molar-refractivity contribution in [2.45, 2.75) is 52.2 Å². The van der Waals surface area contributed by atoms with E-state index in [-0.39, 0.29) is 54.0 Å². The Hall–Kier alpha value is -0.610. The molecule has 4 atom stereocenters. The maximum atomic E-state index is 12.0. The number of guanidine groups is 1. The van der Waals surface area contributed by atoms with Crippen molar-refractivity contribution in [3.8, 4) is 0 Å². The van der Waals surface area contributed by atoms with E-state index in [1.54, 1.807) is 26.1 Å².